The fraction of sp³-hybridized carbons (Fsp3) is 0.0714. The van der Waals surface area contributed by atoms with E-state index in [4.69, 9.17) is 5.11 Å². The minimum absolute atomic E-state index is 0.205. The molecular formula is C28H21N3O3. The van der Waals surface area contributed by atoms with Crippen molar-refractivity contribution in [3.8, 4) is 23.0 Å². The Kier molecular flexibility index (Phi) is 7.06. The molecular weight excluding hydrogens is 426 g/mol. The van der Waals surface area contributed by atoms with E-state index in [2.05, 4.69) is 33.2 Å². The first-order chi connectivity index (χ1) is 16.6. The second-order valence-corrected chi connectivity index (χ2v) is 7.54. The molecule has 0 unspecified atom stereocenters. The summed E-state index contributed by atoms with van der Waals surface area (Å²) < 4.78 is 0. The number of hydrogen-bond donors (Lipinski definition) is 2. The maximum Gasteiger partial charge on any atom is 0.335 e. The second-order valence-electron chi connectivity index (χ2n) is 7.54. The summed E-state index contributed by atoms with van der Waals surface area (Å²) in [6, 6.07) is 21.7. The van der Waals surface area contributed by atoms with Crippen LogP contribution in [0.1, 0.15) is 37.5 Å². The Bertz CT molecular complexity index is 1370. The van der Waals surface area contributed by atoms with Crippen LogP contribution >= 0.6 is 0 Å². The monoisotopic (exact) mass is 447 g/mol. The van der Waals surface area contributed by atoms with E-state index in [9.17, 15) is 9.59 Å². The Morgan fingerprint density at radius 2 is 1.68 bits per heavy atom. The van der Waals surface area contributed by atoms with Gasteiger partial charge in [0.05, 0.1) is 5.56 Å². The summed E-state index contributed by atoms with van der Waals surface area (Å²) in [4.78, 5) is 31.9. The first-order valence-corrected chi connectivity index (χ1v) is 10.6. The zero-order chi connectivity index (χ0) is 23.8. The molecule has 0 spiro atoms. The summed E-state index contributed by atoms with van der Waals surface area (Å²) in [5.74, 6) is 4.92. The van der Waals surface area contributed by atoms with Gasteiger partial charge in [-0.15, -0.1) is 0 Å². The number of carbonyl (C=O) groups is 2. The number of amides is 1. The minimum atomic E-state index is -0.984. The Balaban J connectivity index is 1.38. The number of nitrogens with zero attached hydrogens (tertiary/aromatic N) is 2. The van der Waals surface area contributed by atoms with Gasteiger partial charge in [0.1, 0.15) is 5.69 Å². The van der Waals surface area contributed by atoms with E-state index in [1.807, 2.05) is 36.5 Å². The molecule has 6 nitrogen and oxygen atoms in total. The molecule has 34 heavy (non-hydrogen) atoms. The predicted molar refractivity (Wildman–Crippen MR) is 129 cm³/mol. The minimum Gasteiger partial charge on any atom is -0.478 e. The predicted octanol–water partition coefficient (Wildman–Crippen LogP) is 4.37. The molecule has 2 aromatic heterocycles. The number of carboxylic acid groups (broad SMARTS) is 1. The van der Waals surface area contributed by atoms with Crippen molar-refractivity contribution in [2.24, 2.45) is 0 Å². The molecule has 0 bridgehead atoms. The first kappa shape index (κ1) is 22.4. The number of pyridine rings is 2. The Labute approximate surface area is 197 Å². The summed E-state index contributed by atoms with van der Waals surface area (Å²) in [6.07, 6.45) is 5.69. The number of rotatable bonds is 6. The van der Waals surface area contributed by atoms with Crippen molar-refractivity contribution in [2.45, 2.75) is 13.0 Å². The van der Waals surface area contributed by atoms with Crippen LogP contribution in [0.3, 0.4) is 0 Å². The van der Waals surface area contributed by atoms with Crippen LogP contribution in [-0.2, 0) is 13.0 Å². The van der Waals surface area contributed by atoms with Crippen LogP contribution in [0.25, 0.3) is 11.1 Å². The lowest BCUT2D eigenvalue weighted by Crippen LogP contribution is -2.23. The van der Waals surface area contributed by atoms with E-state index in [0.29, 0.717) is 17.7 Å². The topological polar surface area (TPSA) is 92.2 Å². The summed E-state index contributed by atoms with van der Waals surface area (Å²) in [5, 5.41) is 11.8. The molecule has 0 aliphatic rings. The molecule has 0 aliphatic heterocycles. The fourth-order valence-corrected chi connectivity index (χ4v) is 3.32. The third kappa shape index (κ3) is 5.93. The van der Waals surface area contributed by atoms with Gasteiger partial charge in [-0.25, -0.2) is 9.78 Å². The van der Waals surface area contributed by atoms with E-state index in [0.717, 1.165) is 22.3 Å². The van der Waals surface area contributed by atoms with E-state index < -0.39 is 5.97 Å². The quantitative estimate of drug-likeness (QED) is 0.429. The lowest BCUT2D eigenvalue weighted by atomic mass is 10.0. The van der Waals surface area contributed by atoms with Crippen LogP contribution < -0.4 is 5.32 Å². The van der Waals surface area contributed by atoms with E-state index in [-0.39, 0.29) is 18.0 Å². The van der Waals surface area contributed by atoms with Crippen molar-refractivity contribution in [1.82, 2.24) is 15.3 Å². The van der Waals surface area contributed by atoms with Gasteiger partial charge in [-0.3, -0.25) is 9.78 Å². The molecule has 4 aromatic rings. The van der Waals surface area contributed by atoms with Gasteiger partial charge < -0.3 is 10.4 Å². The molecule has 0 saturated carbocycles. The number of nitrogens with one attached hydrogen (secondary N) is 1. The average molecular weight is 447 g/mol. The van der Waals surface area contributed by atoms with Crippen LogP contribution in [0.5, 0.6) is 0 Å². The van der Waals surface area contributed by atoms with E-state index in [1.54, 1.807) is 36.7 Å². The highest BCUT2D eigenvalue weighted by atomic mass is 16.4. The summed E-state index contributed by atoms with van der Waals surface area (Å²) in [6.45, 7) is 0.287. The van der Waals surface area contributed by atoms with Gasteiger partial charge in [-0.05, 0) is 58.5 Å². The molecule has 1 amide bonds. The highest BCUT2D eigenvalue weighted by Gasteiger charge is 2.07. The van der Waals surface area contributed by atoms with E-state index in [1.165, 1.54) is 12.1 Å². The summed E-state index contributed by atoms with van der Waals surface area (Å²) in [7, 11) is 0. The van der Waals surface area contributed by atoms with Gasteiger partial charge in [0.2, 0.25) is 0 Å². The number of aromatic carboxylic acids is 1. The summed E-state index contributed by atoms with van der Waals surface area (Å²) in [5.41, 5.74) is 5.20. The van der Waals surface area contributed by atoms with Gasteiger partial charge in [0, 0.05) is 37.1 Å². The summed E-state index contributed by atoms with van der Waals surface area (Å²) >= 11 is 0. The third-order valence-corrected chi connectivity index (χ3v) is 5.11. The number of carboxylic acids is 1. The van der Waals surface area contributed by atoms with Crippen LogP contribution in [0.4, 0.5) is 0 Å². The van der Waals surface area contributed by atoms with Crippen LogP contribution in [0.15, 0.2) is 91.4 Å². The van der Waals surface area contributed by atoms with Crippen molar-refractivity contribution in [1.29, 1.82) is 0 Å². The third-order valence-electron chi connectivity index (χ3n) is 5.11. The molecule has 0 radical (unpaired) electrons. The molecule has 0 atom stereocenters. The smallest absolute Gasteiger partial charge is 0.335 e. The molecule has 2 aromatic carbocycles. The maximum absolute atomic E-state index is 12.5. The molecule has 0 aliphatic carbocycles. The van der Waals surface area contributed by atoms with Crippen molar-refractivity contribution < 1.29 is 14.7 Å². The first-order valence-electron chi connectivity index (χ1n) is 10.6. The van der Waals surface area contributed by atoms with Gasteiger partial charge >= 0.3 is 5.97 Å². The zero-order valence-corrected chi connectivity index (χ0v) is 18.2. The van der Waals surface area contributed by atoms with E-state index >= 15 is 0 Å². The van der Waals surface area contributed by atoms with Crippen molar-refractivity contribution in [3.05, 3.63) is 119 Å². The molecule has 2 N–H and O–H groups in total. The second kappa shape index (κ2) is 10.7. The van der Waals surface area contributed by atoms with Gasteiger partial charge in [-0.1, -0.05) is 48.4 Å². The largest absolute Gasteiger partial charge is 0.478 e. The van der Waals surface area contributed by atoms with Gasteiger partial charge in [0.25, 0.3) is 5.91 Å². The molecule has 0 saturated heterocycles. The molecule has 6 heteroatoms. The Morgan fingerprint density at radius 1 is 0.853 bits per heavy atom. The van der Waals surface area contributed by atoms with Crippen molar-refractivity contribution in [3.63, 3.8) is 0 Å². The Morgan fingerprint density at radius 3 is 2.44 bits per heavy atom. The number of aromatic nitrogens is 2. The standard InChI is InChI=1S/C28H21N3O3/c32-27(31-18-21-9-11-22(12-10-21)28(33)34)24-13-15-30-26(17-24)8-2-5-20-4-1-6-23(16-20)25-7-3-14-29-19-25/h1,3-4,6-7,9-17,19H,5,18H2,(H,31,32)(H,33,34). The average Bonchev–Trinajstić information content (AvgIpc) is 2.88. The lowest BCUT2D eigenvalue weighted by molar-refractivity contribution is 0.0696. The zero-order valence-electron chi connectivity index (χ0n) is 18.2. The number of hydrogen-bond acceptors (Lipinski definition) is 4. The molecule has 4 rings (SSSR count). The normalized spacial score (nSPS) is 10.1. The Hall–Kier alpha value is -4.76. The van der Waals surface area contributed by atoms with Crippen LogP contribution in [0.2, 0.25) is 0 Å². The SMILES string of the molecule is O=C(O)c1ccc(CNC(=O)c2ccnc(C#CCc3cccc(-c4cccnc4)c3)c2)cc1. The van der Waals surface area contributed by atoms with Crippen LogP contribution in [-0.4, -0.2) is 27.0 Å². The van der Waals surface area contributed by atoms with Crippen molar-refractivity contribution >= 4 is 11.9 Å². The number of carbonyl (C=O) groups excluding carboxylic acids is 1. The lowest BCUT2D eigenvalue weighted by Gasteiger charge is -2.06. The fourth-order valence-electron chi connectivity index (χ4n) is 3.32. The highest BCUT2D eigenvalue weighted by Crippen LogP contribution is 2.19. The molecule has 0 fully saturated rings. The molecule has 166 valence electrons. The van der Waals surface area contributed by atoms with Crippen LogP contribution in [0, 0.1) is 11.8 Å². The van der Waals surface area contributed by atoms with Crippen molar-refractivity contribution in [2.75, 3.05) is 0 Å². The highest BCUT2D eigenvalue weighted by molar-refractivity contribution is 5.94. The maximum atomic E-state index is 12.5. The van der Waals surface area contributed by atoms with Gasteiger partial charge in [-0.2, -0.15) is 0 Å². The number of benzene rings is 2. The molecule has 2 heterocycles. The van der Waals surface area contributed by atoms with Gasteiger partial charge in [0.15, 0.2) is 0 Å².